The van der Waals surface area contributed by atoms with E-state index < -0.39 is 10.0 Å². The highest BCUT2D eigenvalue weighted by atomic mass is 32.2. The maximum atomic E-state index is 12.3. The topological polar surface area (TPSA) is 90.0 Å². The Balaban J connectivity index is 2.15. The van der Waals surface area contributed by atoms with Crippen molar-refractivity contribution >= 4 is 27.6 Å². The van der Waals surface area contributed by atoms with E-state index in [0.717, 1.165) is 25.0 Å². The third kappa shape index (κ3) is 3.24. The largest absolute Gasteiger partial charge is 0.381 e. The van der Waals surface area contributed by atoms with Crippen molar-refractivity contribution in [2.45, 2.75) is 42.4 Å². The average molecular weight is 304 g/mol. The summed E-state index contributed by atoms with van der Waals surface area (Å²) in [5.41, 5.74) is 5.64. The molecule has 108 valence electrons. The van der Waals surface area contributed by atoms with Crippen molar-refractivity contribution in [1.82, 2.24) is 14.5 Å². The molecular formula is C11H20N4O2S2. The highest BCUT2D eigenvalue weighted by molar-refractivity contribution is 8.00. The molecule has 0 radical (unpaired) electrons. The van der Waals surface area contributed by atoms with Crippen LogP contribution in [0.1, 0.15) is 26.2 Å². The lowest BCUT2D eigenvalue weighted by molar-refractivity contribution is 0.555. The monoisotopic (exact) mass is 304 g/mol. The molecule has 6 nitrogen and oxygen atoms in total. The number of anilines is 1. The number of thioether (sulfide) groups is 1. The molecule has 8 heteroatoms. The van der Waals surface area contributed by atoms with E-state index in [1.807, 2.05) is 11.8 Å². The van der Waals surface area contributed by atoms with Crippen molar-refractivity contribution in [1.29, 1.82) is 0 Å². The summed E-state index contributed by atoms with van der Waals surface area (Å²) in [6, 6.07) is -0.00504. The number of aryl methyl sites for hydroxylation is 1. The van der Waals surface area contributed by atoms with E-state index in [4.69, 9.17) is 5.73 Å². The molecule has 1 saturated carbocycles. The van der Waals surface area contributed by atoms with E-state index in [2.05, 4.69) is 16.7 Å². The van der Waals surface area contributed by atoms with Crippen LogP contribution in [-0.2, 0) is 17.1 Å². The van der Waals surface area contributed by atoms with E-state index in [-0.39, 0.29) is 16.8 Å². The van der Waals surface area contributed by atoms with Gasteiger partial charge in [-0.1, -0.05) is 13.3 Å². The van der Waals surface area contributed by atoms with E-state index in [1.54, 1.807) is 7.05 Å². The first-order chi connectivity index (χ1) is 8.94. The molecule has 0 aromatic carbocycles. The summed E-state index contributed by atoms with van der Waals surface area (Å²) in [7, 11) is -1.92. The van der Waals surface area contributed by atoms with Crippen LogP contribution in [0.2, 0.25) is 0 Å². The van der Waals surface area contributed by atoms with Crippen molar-refractivity contribution in [3.05, 3.63) is 6.20 Å². The van der Waals surface area contributed by atoms with Crippen LogP contribution in [0.3, 0.4) is 0 Å². The van der Waals surface area contributed by atoms with E-state index in [1.165, 1.54) is 10.9 Å². The van der Waals surface area contributed by atoms with Gasteiger partial charge in [0.15, 0.2) is 5.82 Å². The third-order valence-electron chi connectivity index (χ3n) is 3.25. The molecule has 0 saturated heterocycles. The molecule has 19 heavy (non-hydrogen) atoms. The second-order valence-corrected chi connectivity index (χ2v) is 7.90. The number of aromatic nitrogens is 2. The number of nitrogens with zero attached hydrogens (tertiary/aromatic N) is 2. The van der Waals surface area contributed by atoms with E-state index in [9.17, 15) is 8.42 Å². The highest BCUT2D eigenvalue weighted by Crippen LogP contribution is 2.31. The maximum absolute atomic E-state index is 12.3. The number of nitrogens with one attached hydrogen (secondary N) is 1. The van der Waals surface area contributed by atoms with Gasteiger partial charge in [-0.3, -0.25) is 4.68 Å². The Labute approximate surface area is 118 Å². The molecule has 1 aromatic rings. The summed E-state index contributed by atoms with van der Waals surface area (Å²) in [5.74, 6) is 1.05. The summed E-state index contributed by atoms with van der Waals surface area (Å²) in [6.45, 7) is 2.09. The van der Waals surface area contributed by atoms with Gasteiger partial charge in [0.25, 0.3) is 0 Å². The van der Waals surface area contributed by atoms with Crippen molar-refractivity contribution < 1.29 is 8.42 Å². The second-order valence-electron chi connectivity index (χ2n) is 4.70. The summed E-state index contributed by atoms with van der Waals surface area (Å²) in [5, 5.41) is 4.24. The van der Waals surface area contributed by atoms with Gasteiger partial charge in [-0.05, 0) is 18.6 Å². The average Bonchev–Trinajstić information content (AvgIpc) is 2.86. The van der Waals surface area contributed by atoms with Crippen LogP contribution in [-0.4, -0.2) is 35.2 Å². The highest BCUT2D eigenvalue weighted by Gasteiger charge is 2.32. The molecule has 1 aliphatic rings. The smallest absolute Gasteiger partial charge is 0.246 e. The zero-order valence-corrected chi connectivity index (χ0v) is 12.8. The zero-order chi connectivity index (χ0) is 14.0. The maximum Gasteiger partial charge on any atom is 0.246 e. The summed E-state index contributed by atoms with van der Waals surface area (Å²) >= 11 is 1.81. The van der Waals surface area contributed by atoms with Crippen LogP contribution in [0.4, 0.5) is 5.82 Å². The third-order valence-corrected chi connectivity index (χ3v) is 6.08. The Bertz CT molecular complexity index is 541. The molecule has 3 N–H and O–H groups in total. The molecule has 1 aliphatic carbocycles. The van der Waals surface area contributed by atoms with Gasteiger partial charge in [0, 0.05) is 24.5 Å². The standard InChI is InChI=1S/C11H20N4O2S2/c1-3-18-9-6-4-5-8(9)14-19(16,17)10-7-15(2)13-11(10)12/h7-9,14H,3-6H2,1-2H3,(H2,12,13). The molecule has 2 unspecified atom stereocenters. The molecule has 2 atom stereocenters. The number of nitrogens with two attached hydrogens (primary N) is 1. The minimum Gasteiger partial charge on any atom is -0.381 e. The Morgan fingerprint density at radius 3 is 2.89 bits per heavy atom. The fraction of sp³-hybridized carbons (Fsp3) is 0.727. The first-order valence-electron chi connectivity index (χ1n) is 6.37. The molecule has 1 heterocycles. The lowest BCUT2D eigenvalue weighted by Gasteiger charge is -2.19. The fourth-order valence-electron chi connectivity index (χ4n) is 2.43. The molecule has 0 amide bonds. The Kier molecular flexibility index (Phi) is 4.42. The minimum atomic E-state index is -3.58. The van der Waals surface area contributed by atoms with Crippen molar-refractivity contribution in [3.63, 3.8) is 0 Å². The quantitative estimate of drug-likeness (QED) is 0.845. The van der Waals surface area contributed by atoms with E-state index >= 15 is 0 Å². The predicted molar refractivity (Wildman–Crippen MR) is 77.5 cm³/mol. The molecule has 0 bridgehead atoms. The van der Waals surface area contributed by atoms with Gasteiger partial charge >= 0.3 is 0 Å². The van der Waals surface area contributed by atoms with E-state index in [0.29, 0.717) is 5.25 Å². The SMILES string of the molecule is CCSC1CCCC1NS(=O)(=O)c1cn(C)nc1N. The minimum absolute atomic E-state index is 0.00504. The first kappa shape index (κ1) is 14.7. The van der Waals surface area contributed by atoms with Gasteiger partial charge in [0.2, 0.25) is 10.0 Å². The summed E-state index contributed by atoms with van der Waals surface area (Å²) < 4.78 is 28.8. The molecular weight excluding hydrogens is 284 g/mol. The number of hydrogen-bond donors (Lipinski definition) is 2. The van der Waals surface area contributed by atoms with Crippen LogP contribution < -0.4 is 10.5 Å². The van der Waals surface area contributed by atoms with Gasteiger partial charge in [0.1, 0.15) is 4.90 Å². The number of sulfonamides is 1. The Hall–Kier alpha value is -0.730. The fourth-order valence-corrected chi connectivity index (χ4v) is 5.13. The van der Waals surface area contributed by atoms with Crippen LogP contribution >= 0.6 is 11.8 Å². The lowest BCUT2D eigenvalue weighted by Crippen LogP contribution is -2.38. The summed E-state index contributed by atoms with van der Waals surface area (Å²) in [6.07, 6.45) is 4.45. The Morgan fingerprint density at radius 2 is 2.32 bits per heavy atom. The normalized spacial score (nSPS) is 23.9. The van der Waals surface area contributed by atoms with Gasteiger partial charge < -0.3 is 5.73 Å². The number of rotatable bonds is 5. The van der Waals surface area contributed by atoms with Crippen LogP contribution in [0, 0.1) is 0 Å². The zero-order valence-electron chi connectivity index (χ0n) is 11.2. The lowest BCUT2D eigenvalue weighted by atomic mass is 10.3. The van der Waals surface area contributed by atoms with Crippen LogP contribution in [0.15, 0.2) is 11.1 Å². The van der Waals surface area contributed by atoms with Gasteiger partial charge in [-0.2, -0.15) is 16.9 Å². The second kappa shape index (κ2) is 5.72. The van der Waals surface area contributed by atoms with Crippen molar-refractivity contribution in [2.24, 2.45) is 7.05 Å². The Morgan fingerprint density at radius 1 is 1.58 bits per heavy atom. The molecule has 0 aliphatic heterocycles. The van der Waals surface area contributed by atoms with Crippen LogP contribution in [0.25, 0.3) is 0 Å². The predicted octanol–water partition coefficient (Wildman–Crippen LogP) is 0.955. The van der Waals surface area contributed by atoms with Crippen molar-refractivity contribution in [2.75, 3.05) is 11.5 Å². The van der Waals surface area contributed by atoms with Gasteiger partial charge in [-0.25, -0.2) is 13.1 Å². The summed E-state index contributed by atoms with van der Waals surface area (Å²) in [4.78, 5) is 0.0714. The number of hydrogen-bond acceptors (Lipinski definition) is 5. The first-order valence-corrected chi connectivity index (χ1v) is 8.90. The molecule has 1 fully saturated rings. The number of nitrogen functional groups attached to an aromatic ring is 1. The van der Waals surface area contributed by atoms with Crippen LogP contribution in [0.5, 0.6) is 0 Å². The van der Waals surface area contributed by atoms with Crippen molar-refractivity contribution in [3.8, 4) is 0 Å². The molecule has 0 spiro atoms. The molecule has 2 rings (SSSR count). The van der Waals surface area contributed by atoms with Gasteiger partial charge in [0.05, 0.1) is 0 Å². The molecule has 1 aromatic heterocycles. The van der Waals surface area contributed by atoms with Gasteiger partial charge in [-0.15, -0.1) is 0 Å².